The van der Waals surface area contributed by atoms with E-state index in [-0.39, 0.29) is 17.4 Å². The molecule has 1 amide bonds. The molecular weight excluding hydrogens is 367 g/mol. The molecule has 0 aromatic rings. The third-order valence-electron chi connectivity index (χ3n) is 2.79. The maximum Gasteiger partial charge on any atom is 0.355 e. The molecule has 2 heterocycles. The fourth-order valence-electron chi connectivity index (χ4n) is 1.94. The van der Waals surface area contributed by atoms with Crippen LogP contribution in [0.15, 0.2) is 11.3 Å². The first-order valence-electron chi connectivity index (χ1n) is 5.66. The molecule has 5 nitrogen and oxygen atoms in total. The van der Waals surface area contributed by atoms with Crippen molar-refractivity contribution in [2.45, 2.75) is 31.4 Å². The van der Waals surface area contributed by atoms with E-state index >= 15 is 0 Å². The minimum absolute atomic E-state index is 0.112. The highest BCUT2D eigenvalue weighted by Crippen LogP contribution is 2.40. The quantitative estimate of drug-likeness (QED) is 0.340. The summed E-state index contributed by atoms with van der Waals surface area (Å²) < 4.78 is 5.92. The number of β-lactam (4-membered cyclic amide) rings is 1. The van der Waals surface area contributed by atoms with Crippen molar-refractivity contribution in [3.63, 3.8) is 0 Å². The van der Waals surface area contributed by atoms with Gasteiger partial charge in [0.1, 0.15) is 17.1 Å². The van der Waals surface area contributed by atoms with Crippen LogP contribution in [0, 0.1) is 0 Å². The number of thioether (sulfide) groups is 1. The Kier molecular flexibility index (Phi) is 4.22. The Morgan fingerprint density at radius 2 is 2.33 bits per heavy atom. The molecule has 100 valence electrons. The Hall–Kier alpha value is -0.280. The maximum atomic E-state index is 12.1. The first kappa shape index (κ1) is 14.1. The SMILES string of the molecule is CC(C)OC(=O)C1=C(CI)CS[C@@H]2C(N)C(=O)N12. The monoisotopic (exact) mass is 382 g/mol. The van der Waals surface area contributed by atoms with Crippen LogP contribution in [0.4, 0.5) is 0 Å². The Morgan fingerprint density at radius 3 is 2.89 bits per heavy atom. The van der Waals surface area contributed by atoms with Gasteiger partial charge in [0.2, 0.25) is 5.91 Å². The van der Waals surface area contributed by atoms with Gasteiger partial charge in [-0.1, -0.05) is 22.6 Å². The Labute approximate surface area is 124 Å². The van der Waals surface area contributed by atoms with Crippen LogP contribution in [0.3, 0.4) is 0 Å². The summed E-state index contributed by atoms with van der Waals surface area (Å²) in [4.78, 5) is 25.4. The second-order valence-electron chi connectivity index (χ2n) is 4.48. The lowest BCUT2D eigenvalue weighted by atomic mass is 10.0. The number of esters is 1. The fourth-order valence-corrected chi connectivity index (χ4v) is 4.23. The number of halogens is 1. The molecule has 1 fully saturated rings. The van der Waals surface area contributed by atoms with Crippen LogP contribution in [-0.2, 0) is 14.3 Å². The number of rotatable bonds is 3. The number of amides is 1. The van der Waals surface area contributed by atoms with E-state index in [2.05, 4.69) is 22.6 Å². The van der Waals surface area contributed by atoms with Gasteiger partial charge in [-0.3, -0.25) is 9.69 Å². The summed E-state index contributed by atoms with van der Waals surface area (Å²) in [7, 11) is 0. The van der Waals surface area contributed by atoms with Gasteiger partial charge in [0, 0.05) is 10.2 Å². The number of alkyl halides is 1. The number of carbonyl (C=O) groups excluding carboxylic acids is 2. The average Bonchev–Trinajstić information content (AvgIpc) is 2.35. The number of carbonyl (C=O) groups is 2. The van der Waals surface area contributed by atoms with Crippen LogP contribution >= 0.6 is 34.4 Å². The highest BCUT2D eigenvalue weighted by atomic mass is 127. The Morgan fingerprint density at radius 1 is 1.67 bits per heavy atom. The standard InChI is InChI=1S/C11H15IN2O3S/c1-5(2)17-11(16)8-6(3-12)4-18-10-7(13)9(15)14(8)10/h5,7,10H,3-4,13H2,1-2H3/t7?,10-/m1/s1. The maximum absolute atomic E-state index is 12.1. The highest BCUT2D eigenvalue weighted by Gasteiger charge is 2.51. The Bertz CT molecular complexity index is 425. The smallest absolute Gasteiger partial charge is 0.355 e. The van der Waals surface area contributed by atoms with E-state index in [1.165, 1.54) is 4.90 Å². The van der Waals surface area contributed by atoms with E-state index in [9.17, 15) is 9.59 Å². The summed E-state index contributed by atoms with van der Waals surface area (Å²) >= 11 is 3.80. The molecular formula is C11H15IN2O3S. The van der Waals surface area contributed by atoms with Crippen molar-refractivity contribution in [3.05, 3.63) is 11.3 Å². The Balaban J connectivity index is 2.29. The molecule has 1 saturated heterocycles. The van der Waals surface area contributed by atoms with Crippen LogP contribution in [0.2, 0.25) is 0 Å². The van der Waals surface area contributed by atoms with Crippen molar-refractivity contribution in [2.24, 2.45) is 5.73 Å². The lowest BCUT2D eigenvalue weighted by molar-refractivity contribution is -0.152. The number of ether oxygens (including phenoxy) is 1. The molecule has 0 aromatic heterocycles. The van der Waals surface area contributed by atoms with E-state index < -0.39 is 12.0 Å². The molecule has 18 heavy (non-hydrogen) atoms. The van der Waals surface area contributed by atoms with Crippen LogP contribution < -0.4 is 5.73 Å². The van der Waals surface area contributed by atoms with E-state index in [1.54, 1.807) is 25.6 Å². The van der Waals surface area contributed by atoms with Crippen molar-refractivity contribution in [2.75, 3.05) is 10.2 Å². The molecule has 2 atom stereocenters. The molecule has 0 aromatic carbocycles. The molecule has 7 heteroatoms. The van der Waals surface area contributed by atoms with Crippen LogP contribution in [0.5, 0.6) is 0 Å². The van der Waals surface area contributed by atoms with Gasteiger partial charge >= 0.3 is 5.97 Å². The van der Waals surface area contributed by atoms with Gasteiger partial charge in [0.15, 0.2) is 0 Å². The van der Waals surface area contributed by atoms with Crippen molar-refractivity contribution < 1.29 is 14.3 Å². The minimum Gasteiger partial charge on any atom is -0.458 e. The molecule has 0 saturated carbocycles. The third kappa shape index (κ3) is 2.27. The van der Waals surface area contributed by atoms with E-state index in [4.69, 9.17) is 10.5 Å². The summed E-state index contributed by atoms with van der Waals surface area (Å²) in [6.45, 7) is 3.59. The number of hydrogen-bond acceptors (Lipinski definition) is 5. The van der Waals surface area contributed by atoms with Crippen molar-refractivity contribution in [1.82, 2.24) is 4.90 Å². The van der Waals surface area contributed by atoms with Gasteiger partial charge in [-0.05, 0) is 19.4 Å². The molecule has 0 radical (unpaired) electrons. The van der Waals surface area contributed by atoms with E-state index in [1.807, 2.05) is 0 Å². The van der Waals surface area contributed by atoms with Crippen LogP contribution in [0.1, 0.15) is 13.8 Å². The van der Waals surface area contributed by atoms with E-state index in [0.717, 1.165) is 11.3 Å². The van der Waals surface area contributed by atoms with Gasteiger partial charge in [0.05, 0.1) is 6.10 Å². The molecule has 2 aliphatic heterocycles. The molecule has 2 aliphatic rings. The van der Waals surface area contributed by atoms with Crippen molar-refractivity contribution in [3.8, 4) is 0 Å². The first-order valence-corrected chi connectivity index (χ1v) is 8.24. The van der Waals surface area contributed by atoms with Crippen LogP contribution in [0.25, 0.3) is 0 Å². The van der Waals surface area contributed by atoms with Gasteiger partial charge in [0.25, 0.3) is 0 Å². The number of nitrogens with zero attached hydrogens (tertiary/aromatic N) is 1. The minimum atomic E-state index is -0.493. The van der Waals surface area contributed by atoms with Crippen molar-refractivity contribution >= 4 is 46.2 Å². The largest absolute Gasteiger partial charge is 0.458 e. The van der Waals surface area contributed by atoms with Crippen molar-refractivity contribution in [1.29, 1.82) is 0 Å². The fraction of sp³-hybridized carbons (Fsp3) is 0.636. The lowest BCUT2D eigenvalue weighted by Gasteiger charge is -2.48. The topological polar surface area (TPSA) is 72.6 Å². The summed E-state index contributed by atoms with van der Waals surface area (Å²) in [5, 5.41) is -0.112. The molecule has 0 aliphatic carbocycles. The van der Waals surface area contributed by atoms with Gasteiger partial charge in [-0.25, -0.2) is 4.79 Å². The first-order chi connectivity index (χ1) is 8.47. The van der Waals surface area contributed by atoms with Gasteiger partial charge in [-0.2, -0.15) is 0 Å². The molecule has 1 unspecified atom stereocenters. The summed E-state index contributed by atoms with van der Waals surface area (Å²) in [6.07, 6.45) is -0.196. The van der Waals surface area contributed by atoms with Crippen LogP contribution in [-0.4, -0.2) is 44.5 Å². The number of fused-ring (bicyclic) bond motifs is 1. The number of hydrogen-bond donors (Lipinski definition) is 1. The summed E-state index contributed by atoms with van der Waals surface area (Å²) in [6, 6.07) is -0.493. The summed E-state index contributed by atoms with van der Waals surface area (Å²) in [5.41, 5.74) is 7.10. The lowest BCUT2D eigenvalue weighted by Crippen LogP contribution is -2.68. The molecule has 0 spiro atoms. The predicted octanol–water partition coefficient (Wildman–Crippen LogP) is 0.869. The zero-order valence-corrected chi connectivity index (χ0v) is 13.2. The van der Waals surface area contributed by atoms with Gasteiger partial charge < -0.3 is 10.5 Å². The molecule has 0 bridgehead atoms. The second kappa shape index (κ2) is 5.38. The predicted molar refractivity (Wildman–Crippen MR) is 78.2 cm³/mol. The average molecular weight is 382 g/mol. The normalized spacial score (nSPS) is 27.2. The van der Waals surface area contributed by atoms with Gasteiger partial charge in [-0.15, -0.1) is 11.8 Å². The highest BCUT2D eigenvalue weighted by molar-refractivity contribution is 14.1. The zero-order chi connectivity index (χ0) is 13.4. The molecule has 2 N–H and O–H groups in total. The third-order valence-corrected chi connectivity index (χ3v) is 5.07. The number of nitrogens with two attached hydrogens (primary N) is 1. The molecule has 2 rings (SSSR count). The second-order valence-corrected chi connectivity index (χ2v) is 6.34. The summed E-state index contributed by atoms with van der Waals surface area (Å²) in [5.74, 6) is 0.126. The van der Waals surface area contributed by atoms with E-state index in [0.29, 0.717) is 10.1 Å². The zero-order valence-electron chi connectivity index (χ0n) is 10.2.